The van der Waals surface area contributed by atoms with E-state index in [1.165, 1.54) is 18.2 Å². The molecule has 0 aliphatic heterocycles. The second-order valence-corrected chi connectivity index (χ2v) is 2.97. The van der Waals surface area contributed by atoms with Gasteiger partial charge in [-0.1, -0.05) is 12.1 Å². The zero-order valence-corrected chi connectivity index (χ0v) is 7.66. The molecule has 0 aromatic heterocycles. The van der Waals surface area contributed by atoms with E-state index in [4.69, 9.17) is 5.11 Å². The van der Waals surface area contributed by atoms with E-state index in [1.54, 1.807) is 0 Å². The SMILES string of the molecule is O=C(O)C[C@H](O)c1cccc([N+](=O)[O-])c1. The number of aliphatic carboxylic acids is 1. The van der Waals surface area contributed by atoms with Gasteiger partial charge in [0, 0.05) is 12.1 Å². The smallest absolute Gasteiger partial charge is 0.306 e. The van der Waals surface area contributed by atoms with Crippen LogP contribution < -0.4 is 0 Å². The molecule has 0 saturated carbocycles. The van der Waals surface area contributed by atoms with Gasteiger partial charge in [-0.3, -0.25) is 14.9 Å². The lowest BCUT2D eigenvalue weighted by molar-refractivity contribution is -0.385. The van der Waals surface area contributed by atoms with E-state index in [-0.39, 0.29) is 11.3 Å². The van der Waals surface area contributed by atoms with Crippen LogP contribution in [0.25, 0.3) is 0 Å². The fourth-order valence-electron chi connectivity index (χ4n) is 1.13. The Bertz CT molecular complexity index is 390. The highest BCUT2D eigenvalue weighted by atomic mass is 16.6. The number of rotatable bonds is 4. The molecule has 0 unspecified atom stereocenters. The molecule has 0 heterocycles. The lowest BCUT2D eigenvalue weighted by Gasteiger charge is -2.07. The average Bonchev–Trinajstić information content (AvgIpc) is 2.17. The molecule has 80 valence electrons. The highest BCUT2D eigenvalue weighted by molar-refractivity contribution is 5.67. The number of benzene rings is 1. The number of aliphatic hydroxyl groups is 1. The number of nitro benzene ring substituents is 1. The molecule has 0 aliphatic carbocycles. The van der Waals surface area contributed by atoms with Crippen LogP contribution in [0.1, 0.15) is 18.1 Å². The van der Waals surface area contributed by atoms with Crippen LogP contribution in [-0.4, -0.2) is 21.1 Å². The van der Waals surface area contributed by atoms with E-state index in [1.807, 2.05) is 0 Å². The molecule has 1 rings (SSSR count). The maximum Gasteiger partial charge on any atom is 0.306 e. The van der Waals surface area contributed by atoms with Crippen molar-refractivity contribution < 1.29 is 19.9 Å². The molecule has 6 heteroatoms. The van der Waals surface area contributed by atoms with E-state index in [9.17, 15) is 20.0 Å². The summed E-state index contributed by atoms with van der Waals surface area (Å²) in [4.78, 5) is 20.1. The molecule has 0 saturated heterocycles. The van der Waals surface area contributed by atoms with Crippen molar-refractivity contribution >= 4 is 11.7 Å². The van der Waals surface area contributed by atoms with Gasteiger partial charge in [-0.05, 0) is 5.56 Å². The minimum absolute atomic E-state index is 0.170. The van der Waals surface area contributed by atoms with Crippen molar-refractivity contribution in [1.82, 2.24) is 0 Å². The average molecular weight is 211 g/mol. The molecular weight excluding hydrogens is 202 g/mol. The van der Waals surface area contributed by atoms with Gasteiger partial charge in [0.05, 0.1) is 17.4 Å². The number of nitro groups is 1. The number of carbonyl (C=O) groups is 1. The van der Waals surface area contributed by atoms with Gasteiger partial charge >= 0.3 is 5.97 Å². The number of hydrogen-bond donors (Lipinski definition) is 2. The van der Waals surface area contributed by atoms with E-state index in [2.05, 4.69) is 0 Å². The second-order valence-electron chi connectivity index (χ2n) is 2.97. The summed E-state index contributed by atoms with van der Waals surface area (Å²) >= 11 is 0. The molecule has 0 fully saturated rings. The summed E-state index contributed by atoms with van der Waals surface area (Å²) in [6, 6.07) is 5.28. The van der Waals surface area contributed by atoms with Gasteiger partial charge in [0.25, 0.3) is 5.69 Å². The van der Waals surface area contributed by atoms with Gasteiger partial charge in [-0.15, -0.1) is 0 Å². The van der Waals surface area contributed by atoms with E-state index in [0.29, 0.717) is 0 Å². The van der Waals surface area contributed by atoms with E-state index < -0.39 is 23.4 Å². The molecule has 0 aliphatic rings. The van der Waals surface area contributed by atoms with Crippen LogP contribution in [0.4, 0.5) is 5.69 Å². The van der Waals surface area contributed by atoms with Crippen molar-refractivity contribution in [1.29, 1.82) is 0 Å². The third-order valence-electron chi connectivity index (χ3n) is 1.83. The van der Waals surface area contributed by atoms with Gasteiger partial charge in [0.2, 0.25) is 0 Å². The van der Waals surface area contributed by atoms with Gasteiger partial charge in [0.15, 0.2) is 0 Å². The first-order chi connectivity index (χ1) is 7.00. The quantitative estimate of drug-likeness (QED) is 0.573. The molecule has 0 amide bonds. The van der Waals surface area contributed by atoms with Gasteiger partial charge in [0.1, 0.15) is 0 Å². The molecular formula is C9H9NO5. The van der Waals surface area contributed by atoms with Crippen molar-refractivity contribution in [3.8, 4) is 0 Å². The number of carboxylic acid groups (broad SMARTS) is 1. The van der Waals surface area contributed by atoms with Crippen LogP contribution in [0.3, 0.4) is 0 Å². The van der Waals surface area contributed by atoms with Crippen LogP contribution in [0.2, 0.25) is 0 Å². The van der Waals surface area contributed by atoms with Crippen LogP contribution in [0.15, 0.2) is 24.3 Å². The molecule has 0 bridgehead atoms. The zero-order chi connectivity index (χ0) is 11.4. The summed E-state index contributed by atoms with van der Waals surface area (Å²) < 4.78 is 0. The largest absolute Gasteiger partial charge is 0.481 e. The monoisotopic (exact) mass is 211 g/mol. The first kappa shape index (κ1) is 11.1. The highest BCUT2D eigenvalue weighted by Gasteiger charge is 2.14. The molecule has 6 nitrogen and oxygen atoms in total. The fourth-order valence-corrected chi connectivity index (χ4v) is 1.13. The summed E-state index contributed by atoms with van der Waals surface area (Å²) in [6.45, 7) is 0. The molecule has 15 heavy (non-hydrogen) atoms. The lowest BCUT2D eigenvalue weighted by Crippen LogP contribution is -2.05. The maximum absolute atomic E-state index is 10.4. The third kappa shape index (κ3) is 3.03. The molecule has 0 radical (unpaired) electrons. The van der Waals surface area contributed by atoms with Gasteiger partial charge in [-0.25, -0.2) is 0 Å². The van der Waals surface area contributed by atoms with Gasteiger partial charge in [-0.2, -0.15) is 0 Å². The number of nitrogens with zero attached hydrogens (tertiary/aromatic N) is 1. The zero-order valence-electron chi connectivity index (χ0n) is 7.66. The van der Waals surface area contributed by atoms with Gasteiger partial charge < -0.3 is 10.2 Å². The molecule has 1 atom stereocenters. The summed E-state index contributed by atoms with van der Waals surface area (Å²) in [5, 5.41) is 28.2. The highest BCUT2D eigenvalue weighted by Crippen LogP contribution is 2.21. The van der Waals surface area contributed by atoms with Crippen molar-refractivity contribution in [3.63, 3.8) is 0 Å². The Hall–Kier alpha value is -1.95. The minimum atomic E-state index is -1.22. The van der Waals surface area contributed by atoms with E-state index >= 15 is 0 Å². The summed E-state index contributed by atoms with van der Waals surface area (Å²) in [5.74, 6) is -1.16. The van der Waals surface area contributed by atoms with Crippen molar-refractivity contribution in [2.45, 2.75) is 12.5 Å². The Morgan fingerprint density at radius 1 is 1.53 bits per heavy atom. The third-order valence-corrected chi connectivity index (χ3v) is 1.83. The summed E-state index contributed by atoms with van der Waals surface area (Å²) in [7, 11) is 0. The Kier molecular flexibility index (Phi) is 3.35. The van der Waals surface area contributed by atoms with Crippen LogP contribution in [0, 0.1) is 10.1 Å². The van der Waals surface area contributed by atoms with Crippen molar-refractivity contribution in [3.05, 3.63) is 39.9 Å². The topological polar surface area (TPSA) is 101 Å². The van der Waals surface area contributed by atoms with Crippen molar-refractivity contribution in [2.24, 2.45) is 0 Å². The number of non-ortho nitro benzene ring substituents is 1. The predicted molar refractivity (Wildman–Crippen MR) is 50.3 cm³/mol. The Morgan fingerprint density at radius 2 is 2.20 bits per heavy atom. The van der Waals surface area contributed by atoms with Crippen LogP contribution in [0.5, 0.6) is 0 Å². The predicted octanol–water partition coefficient (Wildman–Crippen LogP) is 1.10. The molecule has 1 aromatic rings. The second kappa shape index (κ2) is 4.52. The standard InChI is InChI=1S/C9H9NO5/c11-8(5-9(12)13)6-2-1-3-7(4-6)10(14)15/h1-4,8,11H,5H2,(H,12,13)/t8-/m0/s1. The first-order valence-electron chi connectivity index (χ1n) is 4.15. The number of aliphatic hydroxyl groups excluding tert-OH is 1. The molecule has 1 aromatic carbocycles. The normalized spacial score (nSPS) is 12.1. The van der Waals surface area contributed by atoms with Crippen LogP contribution >= 0.6 is 0 Å². The fraction of sp³-hybridized carbons (Fsp3) is 0.222. The lowest BCUT2D eigenvalue weighted by atomic mass is 10.1. The Labute approximate surface area is 84.9 Å². The van der Waals surface area contributed by atoms with E-state index in [0.717, 1.165) is 6.07 Å². The first-order valence-corrected chi connectivity index (χ1v) is 4.15. The number of hydrogen-bond acceptors (Lipinski definition) is 4. The Balaban J connectivity index is 2.89. The summed E-state index contributed by atoms with van der Waals surface area (Å²) in [5.41, 5.74) is 0.0588. The van der Waals surface area contributed by atoms with Crippen molar-refractivity contribution in [2.75, 3.05) is 0 Å². The Morgan fingerprint density at radius 3 is 2.73 bits per heavy atom. The molecule has 2 N–H and O–H groups in total. The number of carboxylic acids is 1. The maximum atomic E-state index is 10.4. The van der Waals surface area contributed by atoms with Crippen LogP contribution in [-0.2, 0) is 4.79 Å². The summed E-state index contributed by atoms with van der Waals surface area (Å²) in [6.07, 6.45) is -1.69. The molecule has 0 spiro atoms. The minimum Gasteiger partial charge on any atom is -0.481 e.